The fraction of sp³-hybridized carbons (Fsp3) is 0.375. The fourth-order valence-electron chi connectivity index (χ4n) is 2.63. The maximum absolute atomic E-state index is 13.3. The van der Waals surface area contributed by atoms with Gasteiger partial charge in [0.1, 0.15) is 10.7 Å². The summed E-state index contributed by atoms with van der Waals surface area (Å²) in [7, 11) is 0. The van der Waals surface area contributed by atoms with E-state index in [4.69, 9.17) is 16.3 Å². The number of benzene rings is 1. The minimum Gasteiger partial charge on any atom is -0.448 e. The lowest BCUT2D eigenvalue weighted by Gasteiger charge is -2.20. The molecule has 0 radical (unpaired) electrons. The Morgan fingerprint density at radius 3 is 2.74 bits per heavy atom. The van der Waals surface area contributed by atoms with Gasteiger partial charge in [0.05, 0.1) is 5.02 Å². The predicted octanol–water partition coefficient (Wildman–Crippen LogP) is 3.86. The number of rotatable bonds is 3. The molecule has 1 unspecified atom stereocenters. The lowest BCUT2D eigenvalue weighted by molar-refractivity contribution is -0.138. The third-order valence-corrected chi connectivity index (χ3v) is 5.46. The molecular weight excluding hydrogens is 341 g/mol. The van der Waals surface area contributed by atoms with Crippen molar-refractivity contribution in [1.29, 1.82) is 0 Å². The highest BCUT2D eigenvalue weighted by Gasteiger charge is 2.28. The lowest BCUT2D eigenvalue weighted by atomic mass is 10.2. The van der Waals surface area contributed by atoms with E-state index in [2.05, 4.69) is 0 Å². The van der Waals surface area contributed by atoms with Crippen LogP contribution in [0.4, 0.5) is 4.39 Å². The summed E-state index contributed by atoms with van der Waals surface area (Å²) in [5, 5.41) is 0.833. The molecule has 1 amide bonds. The number of hydrogen-bond acceptors (Lipinski definition) is 4. The standard InChI is InChI=1S/C16H15ClFNO3S/c1-9(15(20)19-6-2-3-7-19)22-16(21)14-13(17)11-5-4-10(18)8-12(11)23-14/h4-5,8-9H,2-3,6-7H2,1H3. The van der Waals surface area contributed by atoms with E-state index in [1.165, 1.54) is 18.2 Å². The Hall–Kier alpha value is -1.66. The lowest BCUT2D eigenvalue weighted by Crippen LogP contribution is -2.38. The third-order valence-electron chi connectivity index (χ3n) is 3.83. The van der Waals surface area contributed by atoms with Gasteiger partial charge in [0.2, 0.25) is 0 Å². The van der Waals surface area contributed by atoms with Gasteiger partial charge in [-0.25, -0.2) is 9.18 Å². The summed E-state index contributed by atoms with van der Waals surface area (Å²) in [6, 6.07) is 4.14. The summed E-state index contributed by atoms with van der Waals surface area (Å²) in [5.41, 5.74) is 0. The molecule has 1 atom stereocenters. The number of fused-ring (bicyclic) bond motifs is 1. The van der Waals surface area contributed by atoms with Crippen molar-refractivity contribution in [1.82, 2.24) is 4.90 Å². The number of halogens is 2. The first kappa shape index (κ1) is 16.2. The zero-order valence-electron chi connectivity index (χ0n) is 12.5. The first-order valence-electron chi connectivity index (χ1n) is 7.34. The maximum atomic E-state index is 13.3. The largest absolute Gasteiger partial charge is 0.448 e. The van der Waals surface area contributed by atoms with Gasteiger partial charge in [0.15, 0.2) is 6.10 Å². The highest BCUT2D eigenvalue weighted by molar-refractivity contribution is 7.21. The van der Waals surface area contributed by atoms with Crippen LogP contribution in [-0.2, 0) is 9.53 Å². The van der Waals surface area contributed by atoms with E-state index in [1.807, 2.05) is 0 Å². The van der Waals surface area contributed by atoms with E-state index in [1.54, 1.807) is 11.8 Å². The molecular formula is C16H15ClFNO3S. The van der Waals surface area contributed by atoms with Crippen molar-refractivity contribution < 1.29 is 18.7 Å². The highest BCUT2D eigenvalue weighted by Crippen LogP contribution is 2.36. The van der Waals surface area contributed by atoms with Gasteiger partial charge in [-0.05, 0) is 38.0 Å². The average molecular weight is 356 g/mol. The van der Waals surface area contributed by atoms with E-state index in [0.29, 0.717) is 23.2 Å². The summed E-state index contributed by atoms with van der Waals surface area (Å²) in [6.07, 6.45) is 1.08. The number of carbonyl (C=O) groups is 2. The highest BCUT2D eigenvalue weighted by atomic mass is 35.5. The molecule has 1 aromatic heterocycles. The van der Waals surface area contributed by atoms with Gasteiger partial charge in [0.25, 0.3) is 5.91 Å². The number of nitrogens with zero attached hydrogens (tertiary/aromatic N) is 1. The molecule has 1 saturated heterocycles. The monoisotopic (exact) mass is 355 g/mol. The molecule has 23 heavy (non-hydrogen) atoms. The van der Waals surface area contributed by atoms with Crippen LogP contribution in [0.2, 0.25) is 5.02 Å². The summed E-state index contributed by atoms with van der Waals surface area (Å²) >= 11 is 7.25. The predicted molar refractivity (Wildman–Crippen MR) is 87.5 cm³/mol. The number of amides is 1. The molecule has 1 aromatic carbocycles. The molecule has 0 spiro atoms. The summed E-state index contributed by atoms with van der Waals surface area (Å²) in [5.74, 6) is -1.25. The van der Waals surface area contributed by atoms with E-state index in [9.17, 15) is 14.0 Å². The molecule has 1 aliphatic rings. The van der Waals surface area contributed by atoms with Crippen LogP contribution in [-0.4, -0.2) is 36.0 Å². The number of ether oxygens (including phenoxy) is 1. The van der Waals surface area contributed by atoms with Gasteiger partial charge >= 0.3 is 5.97 Å². The molecule has 1 aliphatic heterocycles. The second-order valence-corrected chi connectivity index (χ2v) is 6.90. The van der Waals surface area contributed by atoms with Crippen molar-refractivity contribution in [3.8, 4) is 0 Å². The molecule has 7 heteroatoms. The quantitative estimate of drug-likeness (QED) is 0.785. The van der Waals surface area contributed by atoms with Crippen molar-refractivity contribution in [3.63, 3.8) is 0 Å². The Morgan fingerprint density at radius 2 is 2.04 bits per heavy atom. The third kappa shape index (κ3) is 3.19. The Bertz CT molecular complexity index is 770. The zero-order chi connectivity index (χ0) is 16.6. The van der Waals surface area contributed by atoms with Crippen LogP contribution in [0.15, 0.2) is 18.2 Å². The summed E-state index contributed by atoms with van der Waals surface area (Å²) < 4.78 is 19.1. The molecule has 2 aromatic rings. The molecule has 3 rings (SSSR count). The number of esters is 1. The van der Waals surface area contributed by atoms with E-state index >= 15 is 0 Å². The molecule has 0 bridgehead atoms. The van der Waals surface area contributed by atoms with Crippen molar-refractivity contribution >= 4 is 44.9 Å². The van der Waals surface area contributed by atoms with E-state index in [-0.39, 0.29) is 15.8 Å². The average Bonchev–Trinajstić information content (AvgIpc) is 3.14. The van der Waals surface area contributed by atoms with E-state index in [0.717, 1.165) is 24.2 Å². The number of likely N-dealkylation sites (tertiary alicyclic amines) is 1. The van der Waals surface area contributed by atoms with Gasteiger partial charge in [-0.2, -0.15) is 0 Å². The second-order valence-electron chi connectivity index (χ2n) is 5.47. The Labute approximate surface area is 141 Å². The second kappa shape index (κ2) is 6.45. The van der Waals surface area contributed by atoms with Crippen LogP contribution in [0.1, 0.15) is 29.4 Å². The van der Waals surface area contributed by atoms with Crippen molar-refractivity contribution in [2.75, 3.05) is 13.1 Å². The Kier molecular flexibility index (Phi) is 4.55. The molecule has 122 valence electrons. The number of hydrogen-bond donors (Lipinski definition) is 0. The molecule has 0 aliphatic carbocycles. The van der Waals surface area contributed by atoms with Gasteiger partial charge in [-0.1, -0.05) is 11.6 Å². The smallest absolute Gasteiger partial charge is 0.350 e. The van der Waals surface area contributed by atoms with Crippen LogP contribution >= 0.6 is 22.9 Å². The maximum Gasteiger partial charge on any atom is 0.350 e. The van der Waals surface area contributed by atoms with Crippen molar-refractivity contribution in [3.05, 3.63) is 33.9 Å². The first-order valence-corrected chi connectivity index (χ1v) is 8.54. The molecule has 4 nitrogen and oxygen atoms in total. The molecule has 0 saturated carbocycles. The minimum atomic E-state index is -0.862. The normalized spacial score (nSPS) is 15.9. The van der Waals surface area contributed by atoms with Gasteiger partial charge in [-0.3, -0.25) is 4.79 Å². The Morgan fingerprint density at radius 1 is 1.35 bits per heavy atom. The molecule has 0 N–H and O–H groups in total. The van der Waals surface area contributed by atoms with Gasteiger partial charge in [-0.15, -0.1) is 11.3 Å². The fourth-order valence-corrected chi connectivity index (χ4v) is 4.05. The SMILES string of the molecule is CC(OC(=O)c1sc2cc(F)ccc2c1Cl)C(=O)N1CCCC1. The van der Waals surface area contributed by atoms with E-state index < -0.39 is 17.9 Å². The zero-order valence-corrected chi connectivity index (χ0v) is 14.0. The van der Waals surface area contributed by atoms with Crippen LogP contribution in [0.25, 0.3) is 10.1 Å². The summed E-state index contributed by atoms with van der Waals surface area (Å²) in [6.45, 7) is 2.95. The van der Waals surface area contributed by atoms with Gasteiger partial charge < -0.3 is 9.64 Å². The Balaban J connectivity index is 1.77. The van der Waals surface area contributed by atoms with Crippen molar-refractivity contribution in [2.45, 2.75) is 25.9 Å². The van der Waals surface area contributed by atoms with Gasteiger partial charge in [0, 0.05) is 23.2 Å². The van der Waals surface area contributed by atoms with Crippen LogP contribution < -0.4 is 0 Å². The van der Waals surface area contributed by atoms with Crippen LogP contribution in [0.5, 0.6) is 0 Å². The van der Waals surface area contributed by atoms with Crippen LogP contribution in [0.3, 0.4) is 0 Å². The summed E-state index contributed by atoms with van der Waals surface area (Å²) in [4.78, 5) is 26.4. The number of thiophene rings is 1. The number of carbonyl (C=O) groups excluding carboxylic acids is 2. The van der Waals surface area contributed by atoms with Crippen LogP contribution in [0, 0.1) is 5.82 Å². The van der Waals surface area contributed by atoms with Crippen molar-refractivity contribution in [2.24, 2.45) is 0 Å². The molecule has 2 heterocycles. The minimum absolute atomic E-state index is 0.188. The topological polar surface area (TPSA) is 46.6 Å². The first-order chi connectivity index (χ1) is 11.0. The molecule has 1 fully saturated rings.